The molecule has 98 valence electrons. The zero-order valence-corrected chi connectivity index (χ0v) is 11.5. The van der Waals surface area contributed by atoms with Gasteiger partial charge in [-0.1, -0.05) is 19.1 Å². The fourth-order valence-corrected chi connectivity index (χ4v) is 3.08. The van der Waals surface area contributed by atoms with E-state index in [1.807, 2.05) is 0 Å². The molecular formula is C14H27N3. The normalized spacial score (nSPS) is 28.7. The van der Waals surface area contributed by atoms with Crippen LogP contribution < -0.4 is 0 Å². The van der Waals surface area contributed by atoms with Gasteiger partial charge in [-0.2, -0.15) is 0 Å². The molecule has 17 heavy (non-hydrogen) atoms. The van der Waals surface area contributed by atoms with Gasteiger partial charge in [-0.3, -0.25) is 9.80 Å². The molecule has 0 radical (unpaired) electrons. The van der Waals surface area contributed by atoms with Gasteiger partial charge in [-0.05, 0) is 19.9 Å². The molecule has 2 heterocycles. The second kappa shape index (κ2) is 5.98. The van der Waals surface area contributed by atoms with E-state index in [1.54, 1.807) is 0 Å². The summed E-state index contributed by atoms with van der Waals surface area (Å²) in [6.07, 6.45) is 1.35. The molecule has 0 aromatic heterocycles. The lowest BCUT2D eigenvalue weighted by Crippen LogP contribution is -2.50. The van der Waals surface area contributed by atoms with Gasteiger partial charge in [0, 0.05) is 51.9 Å². The topological polar surface area (TPSA) is 9.72 Å². The number of nitrogens with zero attached hydrogens (tertiary/aromatic N) is 3. The lowest BCUT2D eigenvalue weighted by Gasteiger charge is -2.37. The van der Waals surface area contributed by atoms with Crippen LogP contribution in [0.3, 0.4) is 0 Å². The molecule has 1 atom stereocenters. The molecule has 0 amide bonds. The highest BCUT2D eigenvalue weighted by atomic mass is 15.3. The molecular weight excluding hydrogens is 210 g/mol. The van der Waals surface area contributed by atoms with Crippen molar-refractivity contribution in [2.75, 3.05) is 52.4 Å². The Morgan fingerprint density at radius 1 is 1.12 bits per heavy atom. The first-order valence-electron chi connectivity index (χ1n) is 7.02. The summed E-state index contributed by atoms with van der Waals surface area (Å²) in [6.45, 7) is 18.3. The van der Waals surface area contributed by atoms with E-state index in [0.717, 1.165) is 12.6 Å². The average molecular weight is 237 g/mol. The van der Waals surface area contributed by atoms with E-state index in [4.69, 9.17) is 0 Å². The van der Waals surface area contributed by atoms with Crippen LogP contribution in [0.15, 0.2) is 12.2 Å². The molecule has 0 bridgehead atoms. The molecule has 2 fully saturated rings. The molecule has 2 aliphatic heterocycles. The summed E-state index contributed by atoms with van der Waals surface area (Å²) in [6, 6.07) is 0.799. The Hall–Kier alpha value is -0.380. The van der Waals surface area contributed by atoms with Crippen LogP contribution in [0.1, 0.15) is 20.3 Å². The van der Waals surface area contributed by atoms with Crippen molar-refractivity contribution in [3.8, 4) is 0 Å². The smallest absolute Gasteiger partial charge is 0.0236 e. The minimum absolute atomic E-state index is 0.799. The molecule has 2 rings (SSSR count). The molecule has 0 aliphatic carbocycles. The summed E-state index contributed by atoms with van der Waals surface area (Å²) in [5.41, 5.74) is 1.29. The van der Waals surface area contributed by atoms with E-state index in [0.29, 0.717) is 0 Å². The molecule has 0 unspecified atom stereocenters. The summed E-state index contributed by atoms with van der Waals surface area (Å²) in [5.74, 6) is 0. The van der Waals surface area contributed by atoms with E-state index < -0.39 is 0 Å². The van der Waals surface area contributed by atoms with Gasteiger partial charge in [0.05, 0.1) is 0 Å². The first kappa shape index (κ1) is 13.1. The summed E-state index contributed by atoms with van der Waals surface area (Å²) >= 11 is 0. The Morgan fingerprint density at radius 2 is 1.82 bits per heavy atom. The maximum Gasteiger partial charge on any atom is 0.0236 e. The van der Waals surface area contributed by atoms with Crippen LogP contribution in [-0.2, 0) is 0 Å². The lowest BCUT2D eigenvalue weighted by atomic mass is 10.2. The van der Waals surface area contributed by atoms with Crippen molar-refractivity contribution in [1.82, 2.24) is 14.7 Å². The predicted molar refractivity (Wildman–Crippen MR) is 73.3 cm³/mol. The minimum Gasteiger partial charge on any atom is -0.301 e. The standard InChI is InChI=1S/C14H27N3/c1-4-15-7-9-17(10-8-15)14-5-6-16(12-14)11-13(2)3/h14H,2,4-12H2,1,3H3/t14-/m0/s1. The highest BCUT2D eigenvalue weighted by Crippen LogP contribution is 2.18. The first-order valence-corrected chi connectivity index (χ1v) is 7.02. The van der Waals surface area contributed by atoms with Crippen molar-refractivity contribution in [1.29, 1.82) is 0 Å². The molecule has 3 nitrogen and oxygen atoms in total. The second-order valence-corrected chi connectivity index (χ2v) is 5.60. The summed E-state index contributed by atoms with van der Waals surface area (Å²) in [4.78, 5) is 7.81. The van der Waals surface area contributed by atoms with Crippen LogP contribution >= 0.6 is 0 Å². The lowest BCUT2D eigenvalue weighted by molar-refractivity contribution is 0.102. The van der Waals surface area contributed by atoms with Gasteiger partial charge in [0.1, 0.15) is 0 Å². The Morgan fingerprint density at radius 3 is 2.41 bits per heavy atom. The van der Waals surface area contributed by atoms with Crippen molar-refractivity contribution in [3.05, 3.63) is 12.2 Å². The maximum atomic E-state index is 4.02. The fraction of sp³-hybridized carbons (Fsp3) is 0.857. The van der Waals surface area contributed by atoms with E-state index in [9.17, 15) is 0 Å². The number of rotatable bonds is 4. The first-order chi connectivity index (χ1) is 8.19. The minimum atomic E-state index is 0.799. The summed E-state index contributed by atoms with van der Waals surface area (Å²) < 4.78 is 0. The van der Waals surface area contributed by atoms with Crippen LogP contribution in [-0.4, -0.2) is 73.1 Å². The predicted octanol–water partition coefficient (Wildman–Crippen LogP) is 1.27. The van der Waals surface area contributed by atoms with Crippen LogP contribution in [0.4, 0.5) is 0 Å². The summed E-state index contributed by atoms with van der Waals surface area (Å²) in [5, 5.41) is 0. The Labute approximate surface area is 106 Å². The number of hydrogen-bond donors (Lipinski definition) is 0. The monoisotopic (exact) mass is 237 g/mol. The van der Waals surface area contributed by atoms with E-state index in [2.05, 4.69) is 35.1 Å². The average Bonchev–Trinajstić information content (AvgIpc) is 2.77. The quantitative estimate of drug-likeness (QED) is 0.682. The number of hydrogen-bond acceptors (Lipinski definition) is 3. The van der Waals surface area contributed by atoms with Crippen LogP contribution in [0.25, 0.3) is 0 Å². The Kier molecular flexibility index (Phi) is 4.60. The third-order valence-corrected chi connectivity index (χ3v) is 4.11. The van der Waals surface area contributed by atoms with Crippen LogP contribution in [0.2, 0.25) is 0 Å². The number of likely N-dealkylation sites (tertiary alicyclic amines) is 1. The van der Waals surface area contributed by atoms with E-state index >= 15 is 0 Å². The zero-order valence-electron chi connectivity index (χ0n) is 11.5. The van der Waals surface area contributed by atoms with Gasteiger partial charge in [-0.25, -0.2) is 0 Å². The van der Waals surface area contributed by atoms with Crippen molar-refractivity contribution in [2.45, 2.75) is 26.3 Å². The number of likely N-dealkylation sites (N-methyl/N-ethyl adjacent to an activating group) is 1. The van der Waals surface area contributed by atoms with Gasteiger partial charge in [-0.15, -0.1) is 0 Å². The van der Waals surface area contributed by atoms with Crippen molar-refractivity contribution in [2.24, 2.45) is 0 Å². The van der Waals surface area contributed by atoms with Gasteiger partial charge in [0.2, 0.25) is 0 Å². The largest absolute Gasteiger partial charge is 0.301 e. The van der Waals surface area contributed by atoms with Gasteiger partial charge in [0.25, 0.3) is 0 Å². The molecule has 0 N–H and O–H groups in total. The zero-order chi connectivity index (χ0) is 12.3. The molecule has 0 aromatic rings. The second-order valence-electron chi connectivity index (χ2n) is 5.60. The molecule has 0 spiro atoms. The highest BCUT2D eigenvalue weighted by Gasteiger charge is 2.29. The third-order valence-electron chi connectivity index (χ3n) is 4.11. The third kappa shape index (κ3) is 3.54. The fourth-order valence-electron chi connectivity index (χ4n) is 3.08. The maximum absolute atomic E-state index is 4.02. The highest BCUT2D eigenvalue weighted by molar-refractivity contribution is 4.95. The van der Waals surface area contributed by atoms with Crippen LogP contribution in [0.5, 0.6) is 0 Å². The van der Waals surface area contributed by atoms with Crippen molar-refractivity contribution in [3.63, 3.8) is 0 Å². The molecule has 3 heteroatoms. The molecule has 0 aromatic carbocycles. The molecule has 2 saturated heterocycles. The van der Waals surface area contributed by atoms with Gasteiger partial charge >= 0.3 is 0 Å². The SMILES string of the molecule is C=C(C)CN1CC[C@H](N2CCN(CC)CC2)C1. The van der Waals surface area contributed by atoms with Gasteiger partial charge in [0.15, 0.2) is 0 Å². The number of piperazine rings is 1. The molecule has 2 aliphatic rings. The Balaban J connectivity index is 1.75. The van der Waals surface area contributed by atoms with Crippen molar-refractivity contribution < 1.29 is 0 Å². The van der Waals surface area contributed by atoms with Gasteiger partial charge < -0.3 is 4.90 Å². The summed E-state index contributed by atoms with van der Waals surface area (Å²) in [7, 11) is 0. The van der Waals surface area contributed by atoms with Crippen molar-refractivity contribution >= 4 is 0 Å². The van der Waals surface area contributed by atoms with E-state index in [-0.39, 0.29) is 0 Å². The Bertz CT molecular complexity index is 256. The van der Waals surface area contributed by atoms with E-state index in [1.165, 1.54) is 57.8 Å². The van der Waals surface area contributed by atoms with Crippen LogP contribution in [0, 0.1) is 0 Å². The molecule has 0 saturated carbocycles.